The van der Waals surface area contributed by atoms with Gasteiger partial charge in [-0.2, -0.15) is 8.78 Å². The molecule has 0 aliphatic rings. The van der Waals surface area contributed by atoms with Crippen LogP contribution in [-0.2, 0) is 0 Å². The number of benzene rings is 2. The maximum absolute atomic E-state index is 13.6. The van der Waals surface area contributed by atoms with Gasteiger partial charge in [-0.05, 0) is 43.7 Å². The third-order valence-corrected chi connectivity index (χ3v) is 3.93. The van der Waals surface area contributed by atoms with Crippen LogP contribution in [0.3, 0.4) is 0 Å². The van der Waals surface area contributed by atoms with Gasteiger partial charge < -0.3 is 10.1 Å². The van der Waals surface area contributed by atoms with Gasteiger partial charge in [0, 0.05) is 0 Å². The summed E-state index contributed by atoms with van der Waals surface area (Å²) >= 11 is 0. The third kappa shape index (κ3) is 2.91. The quantitative estimate of drug-likeness (QED) is 0.721. The van der Waals surface area contributed by atoms with Crippen molar-refractivity contribution in [2.24, 2.45) is 0 Å². The smallest absolute Gasteiger partial charge is 0.320 e. The van der Waals surface area contributed by atoms with Crippen LogP contribution in [0.1, 0.15) is 30.9 Å². The molecule has 0 saturated carbocycles. The second-order valence-corrected chi connectivity index (χ2v) is 5.68. The summed E-state index contributed by atoms with van der Waals surface area (Å²) in [5.41, 5.74) is 2.77. The second kappa shape index (κ2) is 6.47. The summed E-state index contributed by atoms with van der Waals surface area (Å²) in [6.45, 7) is 1.11. The number of hydrogen-bond acceptors (Lipinski definition) is 3. The molecule has 0 aliphatic carbocycles. The molecule has 126 valence electrons. The Labute approximate surface area is 139 Å². The van der Waals surface area contributed by atoms with E-state index in [0.29, 0.717) is 16.8 Å². The minimum atomic E-state index is -2.66. The molecule has 2 aromatic carbocycles. The second-order valence-electron chi connectivity index (χ2n) is 5.68. The first-order chi connectivity index (χ1) is 11.5. The summed E-state index contributed by atoms with van der Waals surface area (Å²) in [7, 11) is 1.58. The van der Waals surface area contributed by atoms with Crippen molar-refractivity contribution < 1.29 is 13.5 Å². The van der Waals surface area contributed by atoms with E-state index in [-0.39, 0.29) is 5.82 Å². The first kappa shape index (κ1) is 16.2. The summed E-state index contributed by atoms with van der Waals surface area (Å²) in [5.74, 6) is 0.946. The van der Waals surface area contributed by atoms with Crippen LogP contribution in [-0.4, -0.2) is 16.7 Å². The molecule has 3 rings (SSSR count). The number of aromatic nitrogens is 2. The fourth-order valence-electron chi connectivity index (χ4n) is 2.81. The third-order valence-electron chi connectivity index (χ3n) is 3.93. The summed E-state index contributed by atoms with van der Waals surface area (Å²) < 4.78 is 33.4. The standard InChI is InChI=1S/C18H19F2N3O/c1-11-8-9-16(24-3)14(10-11)21-12(2)17-22-13-6-4-5-7-15(13)23(17)18(19)20/h4-10,12,18,21H,1-3H3/t12-/m0/s1. The van der Waals surface area contributed by atoms with Gasteiger partial charge in [0.05, 0.1) is 29.9 Å². The Kier molecular flexibility index (Phi) is 4.38. The molecule has 4 nitrogen and oxygen atoms in total. The zero-order valence-electron chi connectivity index (χ0n) is 13.8. The van der Waals surface area contributed by atoms with E-state index in [4.69, 9.17) is 4.74 Å². The van der Waals surface area contributed by atoms with Gasteiger partial charge >= 0.3 is 6.55 Å². The number of hydrogen-bond donors (Lipinski definition) is 1. The Balaban J connectivity index is 2.02. The van der Waals surface area contributed by atoms with Crippen LogP contribution in [0.15, 0.2) is 42.5 Å². The zero-order chi connectivity index (χ0) is 17.3. The number of imidazole rings is 1. The number of methoxy groups -OCH3 is 1. The maximum Gasteiger partial charge on any atom is 0.320 e. The zero-order valence-corrected chi connectivity index (χ0v) is 13.8. The van der Waals surface area contributed by atoms with Gasteiger partial charge in [0.15, 0.2) is 0 Å². The number of halogens is 2. The fourth-order valence-corrected chi connectivity index (χ4v) is 2.81. The number of rotatable bonds is 5. The van der Waals surface area contributed by atoms with E-state index < -0.39 is 12.6 Å². The minimum absolute atomic E-state index is 0.287. The Morgan fingerprint density at radius 3 is 2.62 bits per heavy atom. The monoisotopic (exact) mass is 331 g/mol. The first-order valence-electron chi connectivity index (χ1n) is 7.67. The number of para-hydroxylation sites is 2. The predicted octanol–water partition coefficient (Wildman–Crippen LogP) is 4.92. The molecule has 0 unspecified atom stereocenters. The lowest BCUT2D eigenvalue weighted by Gasteiger charge is -2.19. The highest BCUT2D eigenvalue weighted by molar-refractivity contribution is 5.76. The van der Waals surface area contributed by atoms with Crippen LogP contribution in [0.5, 0.6) is 5.75 Å². The summed E-state index contributed by atoms with van der Waals surface area (Å²) in [6, 6.07) is 12.2. The lowest BCUT2D eigenvalue weighted by Crippen LogP contribution is -2.15. The fraction of sp³-hybridized carbons (Fsp3) is 0.278. The Bertz CT molecular complexity index is 861. The maximum atomic E-state index is 13.6. The van der Waals surface area contributed by atoms with Gasteiger partial charge in [-0.25, -0.2) is 4.98 Å². The van der Waals surface area contributed by atoms with Crippen LogP contribution in [0.25, 0.3) is 11.0 Å². The van der Waals surface area contributed by atoms with Crippen molar-refractivity contribution in [2.45, 2.75) is 26.4 Å². The molecule has 1 atom stereocenters. The number of ether oxygens (including phenoxy) is 1. The average Bonchev–Trinajstić information content (AvgIpc) is 2.95. The van der Waals surface area contributed by atoms with Gasteiger partial charge in [0.25, 0.3) is 0 Å². The van der Waals surface area contributed by atoms with E-state index in [1.54, 1.807) is 31.4 Å². The summed E-state index contributed by atoms with van der Waals surface area (Å²) in [5, 5.41) is 3.23. The topological polar surface area (TPSA) is 39.1 Å². The number of nitrogens with zero attached hydrogens (tertiary/aromatic N) is 2. The SMILES string of the molecule is COc1ccc(C)cc1N[C@@H](C)c1nc2ccccc2n1C(F)F. The molecule has 24 heavy (non-hydrogen) atoms. The molecule has 3 aromatic rings. The molecule has 0 bridgehead atoms. The van der Waals surface area contributed by atoms with Gasteiger partial charge in [-0.15, -0.1) is 0 Å². The van der Waals surface area contributed by atoms with Crippen LogP contribution >= 0.6 is 0 Å². The molecule has 0 amide bonds. The van der Waals surface area contributed by atoms with E-state index in [1.807, 2.05) is 32.0 Å². The van der Waals surface area contributed by atoms with Gasteiger partial charge in [-0.1, -0.05) is 18.2 Å². The van der Waals surface area contributed by atoms with Gasteiger partial charge in [-0.3, -0.25) is 4.57 Å². The summed E-state index contributed by atoms with van der Waals surface area (Å²) in [6.07, 6.45) is 0. The van der Waals surface area contributed by atoms with E-state index in [9.17, 15) is 8.78 Å². The highest BCUT2D eigenvalue weighted by Gasteiger charge is 2.22. The number of aryl methyl sites for hydroxylation is 1. The predicted molar refractivity (Wildman–Crippen MR) is 90.8 cm³/mol. The van der Waals surface area contributed by atoms with Crippen molar-refractivity contribution in [3.8, 4) is 5.75 Å². The number of fused-ring (bicyclic) bond motifs is 1. The Morgan fingerprint density at radius 2 is 1.92 bits per heavy atom. The van der Waals surface area contributed by atoms with Crippen LogP contribution in [0.2, 0.25) is 0 Å². The van der Waals surface area contributed by atoms with E-state index in [2.05, 4.69) is 10.3 Å². The van der Waals surface area contributed by atoms with Crippen molar-refractivity contribution in [3.05, 3.63) is 53.9 Å². The number of alkyl halides is 2. The van der Waals surface area contributed by atoms with Crippen molar-refractivity contribution in [2.75, 3.05) is 12.4 Å². The van der Waals surface area contributed by atoms with E-state index in [0.717, 1.165) is 15.8 Å². The number of nitrogens with one attached hydrogen (secondary N) is 1. The molecular weight excluding hydrogens is 312 g/mol. The molecule has 0 radical (unpaired) electrons. The molecule has 1 aromatic heterocycles. The molecule has 0 saturated heterocycles. The van der Waals surface area contributed by atoms with Crippen molar-refractivity contribution in [1.29, 1.82) is 0 Å². The average molecular weight is 331 g/mol. The molecule has 0 aliphatic heterocycles. The van der Waals surface area contributed by atoms with Crippen molar-refractivity contribution in [1.82, 2.24) is 9.55 Å². The Morgan fingerprint density at radius 1 is 1.17 bits per heavy atom. The van der Waals surface area contributed by atoms with Crippen LogP contribution < -0.4 is 10.1 Å². The molecule has 6 heteroatoms. The highest BCUT2D eigenvalue weighted by Crippen LogP contribution is 2.32. The molecule has 1 N–H and O–H groups in total. The molecule has 1 heterocycles. The normalized spacial score (nSPS) is 12.6. The number of anilines is 1. The summed E-state index contributed by atoms with van der Waals surface area (Å²) in [4.78, 5) is 4.39. The lowest BCUT2D eigenvalue weighted by atomic mass is 10.2. The lowest BCUT2D eigenvalue weighted by molar-refractivity contribution is 0.0708. The molecule has 0 spiro atoms. The van der Waals surface area contributed by atoms with Gasteiger partial charge in [0.2, 0.25) is 0 Å². The largest absolute Gasteiger partial charge is 0.495 e. The molecular formula is C18H19F2N3O. The van der Waals surface area contributed by atoms with E-state index in [1.165, 1.54) is 0 Å². The molecule has 0 fully saturated rings. The Hall–Kier alpha value is -2.63. The van der Waals surface area contributed by atoms with Crippen LogP contribution in [0.4, 0.5) is 14.5 Å². The van der Waals surface area contributed by atoms with Crippen LogP contribution in [0, 0.1) is 6.92 Å². The highest BCUT2D eigenvalue weighted by atomic mass is 19.3. The van der Waals surface area contributed by atoms with Crippen molar-refractivity contribution >= 4 is 16.7 Å². The van der Waals surface area contributed by atoms with Gasteiger partial charge in [0.1, 0.15) is 11.6 Å². The first-order valence-corrected chi connectivity index (χ1v) is 7.67. The van der Waals surface area contributed by atoms with Crippen molar-refractivity contribution in [3.63, 3.8) is 0 Å². The minimum Gasteiger partial charge on any atom is -0.495 e. The van der Waals surface area contributed by atoms with E-state index >= 15 is 0 Å².